The van der Waals surface area contributed by atoms with Crippen molar-refractivity contribution in [3.05, 3.63) is 80.5 Å². The maximum absolute atomic E-state index is 12.5. The minimum Gasteiger partial charge on any atom is -0.506 e. The molecule has 0 spiro atoms. The van der Waals surface area contributed by atoms with Crippen molar-refractivity contribution >= 4 is 57.1 Å². The molecule has 6 nitrogen and oxygen atoms in total. The van der Waals surface area contributed by atoms with E-state index in [-0.39, 0.29) is 17.9 Å². The number of carbonyl (C=O) groups excluding carboxylic acids is 1. The second-order valence-electron chi connectivity index (χ2n) is 6.44. The normalized spacial score (nSPS) is 15.8. The van der Waals surface area contributed by atoms with Crippen molar-refractivity contribution in [1.82, 2.24) is 0 Å². The maximum Gasteiger partial charge on any atom is 0.344 e. The van der Waals surface area contributed by atoms with Crippen molar-refractivity contribution in [1.29, 1.82) is 0 Å². The SMILES string of the molecule is C=CCOc1c(I)cc(/C=C2\SC(=Nc3ccccc3)C(C(=O)OCC)=C2O)cc1OC. The molecule has 166 valence electrons. The minimum atomic E-state index is -0.615. The third kappa shape index (κ3) is 5.55. The Morgan fingerprint density at radius 1 is 1.28 bits per heavy atom. The number of benzene rings is 2. The van der Waals surface area contributed by atoms with Crippen LogP contribution in [0.5, 0.6) is 11.5 Å². The molecule has 0 saturated heterocycles. The predicted octanol–water partition coefficient (Wildman–Crippen LogP) is 6.06. The molecule has 0 unspecified atom stereocenters. The van der Waals surface area contributed by atoms with Gasteiger partial charge in [0, 0.05) is 0 Å². The molecule has 1 N–H and O–H groups in total. The Morgan fingerprint density at radius 3 is 2.69 bits per heavy atom. The van der Waals surface area contributed by atoms with Crippen LogP contribution < -0.4 is 9.47 Å². The third-order valence-corrected chi connectivity index (χ3v) is 6.07. The maximum atomic E-state index is 12.5. The molecule has 32 heavy (non-hydrogen) atoms. The molecule has 1 aliphatic rings. The first kappa shape index (κ1) is 23.9. The van der Waals surface area contributed by atoms with Gasteiger partial charge < -0.3 is 19.3 Å². The number of carbonyl (C=O) groups is 1. The van der Waals surface area contributed by atoms with Crippen LogP contribution in [-0.4, -0.2) is 36.4 Å². The molecule has 1 aliphatic heterocycles. The lowest BCUT2D eigenvalue weighted by atomic mass is 10.1. The zero-order valence-electron chi connectivity index (χ0n) is 17.6. The van der Waals surface area contributed by atoms with Gasteiger partial charge in [-0.05, 0) is 65.4 Å². The van der Waals surface area contributed by atoms with Crippen molar-refractivity contribution in [3.8, 4) is 11.5 Å². The highest BCUT2D eigenvalue weighted by molar-refractivity contribution is 14.1. The average molecular weight is 563 g/mol. The Hall–Kier alpha value is -2.72. The molecule has 0 saturated carbocycles. The second-order valence-corrected chi connectivity index (χ2v) is 8.63. The summed E-state index contributed by atoms with van der Waals surface area (Å²) in [5.41, 5.74) is 1.50. The monoisotopic (exact) mass is 563 g/mol. The summed E-state index contributed by atoms with van der Waals surface area (Å²) in [4.78, 5) is 17.6. The highest BCUT2D eigenvalue weighted by Crippen LogP contribution is 2.41. The number of para-hydroxylation sites is 1. The molecule has 0 radical (unpaired) electrons. The standard InChI is InChI=1S/C24H22INO5S/c1-4-11-31-22-17(25)12-15(13-18(22)29-3)14-19-21(27)20(24(28)30-5-2)23(32-19)26-16-9-7-6-8-10-16/h4,6-10,12-14,27H,1,5,11H2,2-3H3/b19-14-,26-23?. The van der Waals surface area contributed by atoms with E-state index < -0.39 is 5.97 Å². The van der Waals surface area contributed by atoms with E-state index in [1.165, 1.54) is 11.8 Å². The summed E-state index contributed by atoms with van der Waals surface area (Å²) >= 11 is 3.37. The zero-order valence-corrected chi connectivity index (χ0v) is 20.6. The van der Waals surface area contributed by atoms with Gasteiger partial charge in [0.15, 0.2) is 11.5 Å². The number of aliphatic hydroxyl groups excluding tert-OH is 1. The van der Waals surface area contributed by atoms with Crippen molar-refractivity contribution in [2.24, 2.45) is 4.99 Å². The van der Waals surface area contributed by atoms with Crippen LogP contribution in [0.2, 0.25) is 0 Å². The largest absolute Gasteiger partial charge is 0.506 e. The minimum absolute atomic E-state index is 0.0551. The number of ether oxygens (including phenoxy) is 3. The molecular formula is C24H22INO5S. The Bertz CT molecular complexity index is 1110. The Kier molecular flexibility index (Phi) is 8.40. The number of esters is 1. The number of hydrogen-bond donors (Lipinski definition) is 1. The molecule has 0 aliphatic carbocycles. The van der Waals surface area contributed by atoms with Gasteiger partial charge in [-0.15, -0.1) is 0 Å². The molecule has 0 aromatic heterocycles. The molecular weight excluding hydrogens is 541 g/mol. The first-order valence-electron chi connectivity index (χ1n) is 9.74. The number of halogens is 1. The van der Waals surface area contributed by atoms with E-state index >= 15 is 0 Å². The van der Waals surface area contributed by atoms with E-state index in [1.807, 2.05) is 36.4 Å². The smallest absolute Gasteiger partial charge is 0.344 e. The van der Waals surface area contributed by atoms with Gasteiger partial charge in [-0.2, -0.15) is 0 Å². The molecule has 3 rings (SSSR count). The molecule has 0 fully saturated rings. The fourth-order valence-electron chi connectivity index (χ4n) is 2.87. The van der Waals surface area contributed by atoms with Crippen LogP contribution >= 0.6 is 34.4 Å². The van der Waals surface area contributed by atoms with E-state index in [1.54, 1.807) is 32.3 Å². The van der Waals surface area contributed by atoms with Gasteiger partial charge in [0.05, 0.1) is 27.9 Å². The fraction of sp³-hybridized carbons (Fsp3) is 0.167. The summed E-state index contributed by atoms with van der Waals surface area (Å²) in [6.45, 7) is 5.93. The van der Waals surface area contributed by atoms with E-state index in [2.05, 4.69) is 34.2 Å². The Balaban J connectivity index is 2.04. The Morgan fingerprint density at radius 2 is 2.03 bits per heavy atom. The number of rotatable bonds is 8. The lowest BCUT2D eigenvalue weighted by Gasteiger charge is -2.12. The van der Waals surface area contributed by atoms with Crippen LogP contribution in [0.15, 0.2) is 76.3 Å². The van der Waals surface area contributed by atoms with Crippen molar-refractivity contribution in [3.63, 3.8) is 0 Å². The summed E-state index contributed by atoms with van der Waals surface area (Å²) in [7, 11) is 1.56. The molecule has 2 aromatic carbocycles. The number of aliphatic hydroxyl groups is 1. The van der Waals surface area contributed by atoms with E-state index in [4.69, 9.17) is 14.2 Å². The second kappa shape index (κ2) is 11.2. The molecule has 8 heteroatoms. The van der Waals surface area contributed by atoms with Crippen molar-refractivity contribution < 1.29 is 24.1 Å². The fourth-order valence-corrected chi connectivity index (χ4v) is 4.68. The van der Waals surface area contributed by atoms with Gasteiger partial charge in [-0.1, -0.05) is 42.6 Å². The molecule has 0 amide bonds. The quantitative estimate of drug-likeness (QED) is 0.239. The van der Waals surface area contributed by atoms with Crippen LogP contribution in [-0.2, 0) is 9.53 Å². The first-order valence-corrected chi connectivity index (χ1v) is 11.6. The van der Waals surface area contributed by atoms with E-state index in [0.29, 0.717) is 33.7 Å². The molecule has 0 bridgehead atoms. The molecule has 1 heterocycles. The van der Waals surface area contributed by atoms with Crippen LogP contribution in [0, 0.1) is 3.57 Å². The van der Waals surface area contributed by atoms with E-state index in [9.17, 15) is 9.90 Å². The zero-order chi connectivity index (χ0) is 23.1. The highest BCUT2D eigenvalue weighted by atomic mass is 127. The summed E-state index contributed by atoms with van der Waals surface area (Å²) in [6, 6.07) is 12.9. The highest BCUT2D eigenvalue weighted by Gasteiger charge is 2.33. The number of aliphatic imine (C=N–C) groups is 1. The first-order chi connectivity index (χ1) is 15.5. The summed E-state index contributed by atoms with van der Waals surface area (Å²) in [5.74, 6) is 0.397. The van der Waals surface area contributed by atoms with Gasteiger partial charge in [0.1, 0.15) is 23.0 Å². The number of hydrogen-bond acceptors (Lipinski definition) is 7. The van der Waals surface area contributed by atoms with Crippen molar-refractivity contribution in [2.75, 3.05) is 20.3 Å². The molecule has 2 aromatic rings. The van der Waals surface area contributed by atoms with Gasteiger partial charge in [0.2, 0.25) is 0 Å². The van der Waals surface area contributed by atoms with Gasteiger partial charge in [-0.3, -0.25) is 0 Å². The average Bonchev–Trinajstić information content (AvgIpc) is 3.08. The lowest BCUT2D eigenvalue weighted by molar-refractivity contribution is -0.138. The van der Waals surface area contributed by atoms with Crippen LogP contribution in [0.25, 0.3) is 6.08 Å². The summed E-state index contributed by atoms with van der Waals surface area (Å²) in [5, 5.41) is 11.2. The Labute approximate surface area is 204 Å². The third-order valence-electron chi connectivity index (χ3n) is 4.25. The van der Waals surface area contributed by atoms with Crippen LogP contribution in [0.4, 0.5) is 5.69 Å². The van der Waals surface area contributed by atoms with Gasteiger partial charge in [-0.25, -0.2) is 9.79 Å². The van der Waals surface area contributed by atoms with Gasteiger partial charge in [0.25, 0.3) is 0 Å². The number of thioether (sulfide) groups is 1. The molecule has 0 atom stereocenters. The predicted molar refractivity (Wildman–Crippen MR) is 137 cm³/mol. The van der Waals surface area contributed by atoms with E-state index in [0.717, 1.165) is 9.13 Å². The van der Waals surface area contributed by atoms with Crippen LogP contribution in [0.3, 0.4) is 0 Å². The number of methoxy groups -OCH3 is 1. The lowest BCUT2D eigenvalue weighted by Crippen LogP contribution is -2.12. The summed E-state index contributed by atoms with van der Waals surface area (Å²) < 4.78 is 17.2. The topological polar surface area (TPSA) is 77.4 Å². The van der Waals surface area contributed by atoms with Gasteiger partial charge >= 0.3 is 5.97 Å². The van der Waals surface area contributed by atoms with Crippen molar-refractivity contribution in [2.45, 2.75) is 6.92 Å². The summed E-state index contributed by atoms with van der Waals surface area (Å²) in [6.07, 6.45) is 3.43. The van der Waals surface area contributed by atoms with Crippen LogP contribution in [0.1, 0.15) is 12.5 Å². The number of nitrogens with zero attached hydrogens (tertiary/aromatic N) is 1.